The van der Waals surface area contributed by atoms with E-state index in [1.54, 1.807) is 36.4 Å². The predicted molar refractivity (Wildman–Crippen MR) is 103 cm³/mol. The fraction of sp³-hybridized carbons (Fsp3) is 0.238. The number of ketones is 2. The number of carbonyl (C=O) groups is 4. The maximum atomic E-state index is 12.7. The molecule has 7 heteroatoms. The summed E-state index contributed by atoms with van der Waals surface area (Å²) in [6, 6.07) is 4.13. The Kier molecular flexibility index (Phi) is 5.54. The number of urea groups is 1. The van der Waals surface area contributed by atoms with Crippen LogP contribution in [0.25, 0.3) is 0 Å². The first-order valence-corrected chi connectivity index (χ1v) is 8.83. The van der Waals surface area contributed by atoms with E-state index in [2.05, 4.69) is 17.2 Å². The van der Waals surface area contributed by atoms with E-state index < -0.39 is 23.8 Å². The number of rotatable bonds is 5. The standard InChI is InChI=1S/C21H20N2O5/c1-12(2)20(26)28-10-9-22-21(27)23-13-7-8-16-17(11-13)19(25)15-6-4-3-5-14(15)18(16)24/h3-8,11,14-15H,1,9-10H2,2H3,(H2,22,23,27). The maximum absolute atomic E-state index is 12.7. The van der Waals surface area contributed by atoms with Gasteiger partial charge in [-0.05, 0) is 25.1 Å². The van der Waals surface area contributed by atoms with E-state index in [0.29, 0.717) is 16.8 Å². The van der Waals surface area contributed by atoms with Crippen molar-refractivity contribution in [3.8, 4) is 0 Å². The van der Waals surface area contributed by atoms with Crippen molar-refractivity contribution in [3.63, 3.8) is 0 Å². The van der Waals surface area contributed by atoms with E-state index in [4.69, 9.17) is 4.74 Å². The number of allylic oxidation sites excluding steroid dienone is 4. The zero-order valence-electron chi connectivity index (χ0n) is 15.4. The number of amides is 2. The number of ether oxygens (including phenoxy) is 1. The monoisotopic (exact) mass is 380 g/mol. The normalized spacial score (nSPS) is 19.5. The van der Waals surface area contributed by atoms with Crippen LogP contribution in [0.4, 0.5) is 10.5 Å². The molecular weight excluding hydrogens is 360 g/mol. The molecule has 0 saturated heterocycles. The number of benzene rings is 1. The lowest BCUT2D eigenvalue weighted by molar-refractivity contribution is -0.138. The molecule has 2 aliphatic rings. The van der Waals surface area contributed by atoms with Crippen molar-refractivity contribution in [2.45, 2.75) is 6.92 Å². The molecule has 0 aromatic heterocycles. The smallest absolute Gasteiger partial charge is 0.333 e. The van der Waals surface area contributed by atoms with Crippen LogP contribution in [0.1, 0.15) is 27.6 Å². The third kappa shape index (κ3) is 3.93. The third-order valence-electron chi connectivity index (χ3n) is 4.52. The lowest BCUT2D eigenvalue weighted by atomic mass is 9.72. The molecule has 0 fully saturated rings. The fourth-order valence-corrected chi connectivity index (χ4v) is 3.11. The highest BCUT2D eigenvalue weighted by Crippen LogP contribution is 2.35. The van der Waals surface area contributed by atoms with E-state index in [0.717, 1.165) is 0 Å². The summed E-state index contributed by atoms with van der Waals surface area (Å²) >= 11 is 0. The highest BCUT2D eigenvalue weighted by Gasteiger charge is 2.39. The van der Waals surface area contributed by atoms with Crippen LogP contribution in [-0.2, 0) is 9.53 Å². The van der Waals surface area contributed by atoms with Crippen molar-refractivity contribution < 1.29 is 23.9 Å². The van der Waals surface area contributed by atoms with Crippen molar-refractivity contribution in [1.29, 1.82) is 0 Å². The quantitative estimate of drug-likeness (QED) is 0.465. The molecule has 3 rings (SSSR count). The van der Waals surface area contributed by atoms with Gasteiger partial charge >= 0.3 is 12.0 Å². The highest BCUT2D eigenvalue weighted by atomic mass is 16.5. The Balaban J connectivity index is 1.63. The first-order valence-electron chi connectivity index (χ1n) is 8.83. The Morgan fingerprint density at radius 2 is 1.71 bits per heavy atom. The van der Waals surface area contributed by atoms with Crippen LogP contribution in [0.15, 0.2) is 54.7 Å². The predicted octanol–water partition coefficient (Wildman–Crippen LogP) is 2.66. The molecule has 2 amide bonds. The van der Waals surface area contributed by atoms with Crippen molar-refractivity contribution in [2.24, 2.45) is 11.8 Å². The van der Waals surface area contributed by atoms with Crippen LogP contribution in [-0.4, -0.2) is 36.7 Å². The number of hydrogen-bond donors (Lipinski definition) is 2. The molecule has 0 radical (unpaired) electrons. The second-order valence-corrected chi connectivity index (χ2v) is 6.61. The molecule has 0 saturated carbocycles. The minimum Gasteiger partial charge on any atom is -0.460 e. The minimum atomic E-state index is -0.523. The van der Waals surface area contributed by atoms with Gasteiger partial charge in [-0.2, -0.15) is 0 Å². The summed E-state index contributed by atoms with van der Waals surface area (Å²) in [5.41, 5.74) is 1.34. The van der Waals surface area contributed by atoms with Crippen LogP contribution in [0.5, 0.6) is 0 Å². The molecule has 144 valence electrons. The molecule has 28 heavy (non-hydrogen) atoms. The van der Waals surface area contributed by atoms with Crippen molar-refractivity contribution in [2.75, 3.05) is 18.5 Å². The van der Waals surface area contributed by atoms with Gasteiger partial charge in [0.25, 0.3) is 0 Å². The average molecular weight is 380 g/mol. The number of Topliss-reactive ketones (excluding diaryl/α,β-unsaturated/α-hetero) is 2. The summed E-state index contributed by atoms with van der Waals surface area (Å²) in [4.78, 5) is 48.6. The molecule has 2 atom stereocenters. The Morgan fingerprint density at radius 3 is 2.36 bits per heavy atom. The van der Waals surface area contributed by atoms with Gasteiger partial charge in [0.2, 0.25) is 0 Å². The Labute approximate surface area is 162 Å². The highest BCUT2D eigenvalue weighted by molar-refractivity contribution is 6.18. The van der Waals surface area contributed by atoms with Gasteiger partial charge in [0.05, 0.1) is 18.4 Å². The molecule has 0 spiro atoms. The van der Waals surface area contributed by atoms with Gasteiger partial charge in [0, 0.05) is 22.4 Å². The lowest BCUT2D eigenvalue weighted by Gasteiger charge is -2.28. The van der Waals surface area contributed by atoms with Gasteiger partial charge in [-0.25, -0.2) is 9.59 Å². The van der Waals surface area contributed by atoms with Crippen molar-refractivity contribution in [1.82, 2.24) is 5.32 Å². The van der Waals surface area contributed by atoms with E-state index in [1.807, 2.05) is 0 Å². The molecule has 1 aromatic carbocycles. The molecule has 1 aromatic rings. The van der Waals surface area contributed by atoms with Crippen LogP contribution in [0.2, 0.25) is 0 Å². The zero-order valence-corrected chi connectivity index (χ0v) is 15.4. The number of esters is 1. The SMILES string of the molecule is C=C(C)C(=O)OCCNC(=O)Nc1ccc2c(c1)C(=O)C1C=CC=CC1C2=O. The van der Waals surface area contributed by atoms with Crippen LogP contribution in [0.3, 0.4) is 0 Å². The van der Waals surface area contributed by atoms with E-state index in [9.17, 15) is 19.2 Å². The number of anilines is 1. The van der Waals surface area contributed by atoms with Gasteiger partial charge in [0.15, 0.2) is 11.6 Å². The first-order chi connectivity index (χ1) is 13.4. The second-order valence-electron chi connectivity index (χ2n) is 6.61. The van der Waals surface area contributed by atoms with Gasteiger partial charge < -0.3 is 15.4 Å². The molecule has 2 N–H and O–H groups in total. The lowest BCUT2D eigenvalue weighted by Crippen LogP contribution is -2.35. The topological polar surface area (TPSA) is 102 Å². The van der Waals surface area contributed by atoms with Crippen LogP contribution >= 0.6 is 0 Å². The van der Waals surface area contributed by atoms with E-state index in [-0.39, 0.29) is 30.3 Å². The molecule has 7 nitrogen and oxygen atoms in total. The summed E-state index contributed by atoms with van der Waals surface area (Å²) < 4.78 is 4.88. The maximum Gasteiger partial charge on any atom is 0.333 e. The first kappa shape index (κ1) is 19.3. The van der Waals surface area contributed by atoms with Crippen LogP contribution < -0.4 is 10.6 Å². The molecule has 0 aliphatic heterocycles. The molecular formula is C21H20N2O5. The summed E-state index contributed by atoms with van der Waals surface area (Å²) in [7, 11) is 0. The average Bonchev–Trinajstić information content (AvgIpc) is 2.69. The molecule has 2 unspecified atom stereocenters. The van der Waals surface area contributed by atoms with E-state index >= 15 is 0 Å². The Morgan fingerprint density at radius 1 is 1.07 bits per heavy atom. The molecule has 2 aliphatic carbocycles. The van der Waals surface area contributed by atoms with E-state index in [1.165, 1.54) is 13.0 Å². The summed E-state index contributed by atoms with van der Waals surface area (Å²) in [5.74, 6) is -1.73. The van der Waals surface area contributed by atoms with Crippen molar-refractivity contribution in [3.05, 3.63) is 65.8 Å². The number of fused-ring (bicyclic) bond motifs is 2. The molecule has 0 bridgehead atoms. The van der Waals surface area contributed by atoms with Gasteiger partial charge in [-0.15, -0.1) is 0 Å². The van der Waals surface area contributed by atoms with Crippen LogP contribution in [0, 0.1) is 11.8 Å². The number of hydrogen-bond acceptors (Lipinski definition) is 5. The summed E-state index contributed by atoms with van der Waals surface area (Å²) in [6.07, 6.45) is 7.00. The third-order valence-corrected chi connectivity index (χ3v) is 4.52. The Bertz CT molecular complexity index is 929. The van der Waals surface area contributed by atoms with Gasteiger partial charge in [-0.1, -0.05) is 30.9 Å². The Hall–Kier alpha value is -3.48. The van der Waals surface area contributed by atoms with Gasteiger partial charge in [-0.3, -0.25) is 9.59 Å². The second kappa shape index (κ2) is 8.04. The fourth-order valence-electron chi connectivity index (χ4n) is 3.11. The molecule has 0 heterocycles. The summed E-state index contributed by atoms with van der Waals surface area (Å²) in [5, 5.41) is 5.15. The minimum absolute atomic E-state index is 0.0131. The number of carbonyl (C=O) groups excluding carboxylic acids is 4. The van der Waals surface area contributed by atoms with Crippen molar-refractivity contribution >= 4 is 29.3 Å². The summed E-state index contributed by atoms with van der Waals surface area (Å²) in [6.45, 7) is 5.13. The number of nitrogens with one attached hydrogen (secondary N) is 2. The largest absolute Gasteiger partial charge is 0.460 e. The zero-order chi connectivity index (χ0) is 20.3. The van der Waals surface area contributed by atoms with Gasteiger partial charge in [0.1, 0.15) is 6.61 Å².